The van der Waals surface area contributed by atoms with Crippen molar-refractivity contribution in [2.75, 3.05) is 0 Å². The van der Waals surface area contributed by atoms with Gasteiger partial charge in [-0.3, -0.25) is 4.79 Å². The lowest BCUT2D eigenvalue weighted by Gasteiger charge is -2.04. The van der Waals surface area contributed by atoms with Gasteiger partial charge in [0.25, 0.3) is 5.91 Å². The molecule has 0 aliphatic heterocycles. The maximum Gasteiger partial charge on any atom is 0.271 e. The average molecular weight is 331 g/mol. The lowest BCUT2D eigenvalue weighted by molar-refractivity contribution is 0.0955. The molecule has 0 aromatic heterocycles. The summed E-state index contributed by atoms with van der Waals surface area (Å²) in [5, 5.41) is 4.03. The van der Waals surface area contributed by atoms with Crippen molar-refractivity contribution >= 4 is 28.1 Å². The number of aryl methyl sites for hydroxylation is 2. The van der Waals surface area contributed by atoms with Crippen molar-refractivity contribution in [3.05, 3.63) is 69.2 Å². The Labute approximate surface area is 126 Å². The van der Waals surface area contributed by atoms with E-state index in [9.17, 15) is 4.79 Å². The number of hydrogen-bond donors (Lipinski definition) is 1. The Morgan fingerprint density at radius 1 is 1.15 bits per heavy atom. The predicted octanol–water partition coefficient (Wildman–Crippen LogP) is 3.83. The van der Waals surface area contributed by atoms with Crippen LogP contribution in [0.4, 0.5) is 0 Å². The van der Waals surface area contributed by atoms with Crippen LogP contribution < -0.4 is 5.43 Å². The van der Waals surface area contributed by atoms with Crippen LogP contribution in [0.25, 0.3) is 0 Å². The fraction of sp³-hybridized carbons (Fsp3) is 0.125. The van der Waals surface area contributed by atoms with Crippen molar-refractivity contribution in [2.24, 2.45) is 5.10 Å². The highest BCUT2D eigenvalue weighted by Gasteiger charge is 2.04. The molecule has 0 heterocycles. The van der Waals surface area contributed by atoms with Crippen LogP contribution in [0.1, 0.15) is 27.0 Å². The van der Waals surface area contributed by atoms with Gasteiger partial charge < -0.3 is 0 Å². The van der Waals surface area contributed by atoms with E-state index in [1.54, 1.807) is 18.3 Å². The van der Waals surface area contributed by atoms with Gasteiger partial charge in [-0.25, -0.2) is 5.43 Å². The van der Waals surface area contributed by atoms with Crippen LogP contribution in [-0.4, -0.2) is 12.1 Å². The molecular formula is C16H15BrN2O. The number of carbonyl (C=O) groups is 1. The zero-order valence-corrected chi connectivity index (χ0v) is 12.9. The van der Waals surface area contributed by atoms with Crippen LogP contribution in [-0.2, 0) is 0 Å². The SMILES string of the molecule is Cc1cccc(C)c1/C=N\NC(=O)c1cccc(Br)c1. The molecule has 102 valence electrons. The number of rotatable bonds is 3. The van der Waals surface area contributed by atoms with Crippen molar-refractivity contribution in [3.8, 4) is 0 Å². The van der Waals surface area contributed by atoms with Crippen LogP contribution in [0.15, 0.2) is 52.0 Å². The van der Waals surface area contributed by atoms with E-state index < -0.39 is 0 Å². The summed E-state index contributed by atoms with van der Waals surface area (Å²) in [4.78, 5) is 11.9. The van der Waals surface area contributed by atoms with Gasteiger partial charge in [0.2, 0.25) is 0 Å². The Hall–Kier alpha value is -1.94. The zero-order chi connectivity index (χ0) is 14.5. The first-order valence-electron chi connectivity index (χ1n) is 6.23. The predicted molar refractivity (Wildman–Crippen MR) is 85.1 cm³/mol. The molecule has 1 amide bonds. The molecule has 0 radical (unpaired) electrons. The lowest BCUT2D eigenvalue weighted by Crippen LogP contribution is -2.17. The molecule has 0 atom stereocenters. The first-order valence-corrected chi connectivity index (χ1v) is 7.02. The van der Waals surface area contributed by atoms with Crippen molar-refractivity contribution in [1.82, 2.24) is 5.43 Å². The smallest absolute Gasteiger partial charge is 0.267 e. The van der Waals surface area contributed by atoms with Gasteiger partial charge in [-0.05, 0) is 43.2 Å². The van der Waals surface area contributed by atoms with E-state index in [2.05, 4.69) is 26.5 Å². The number of amides is 1. The second-order valence-corrected chi connectivity index (χ2v) is 5.43. The number of nitrogens with zero attached hydrogens (tertiary/aromatic N) is 1. The van der Waals surface area contributed by atoms with Crippen LogP contribution in [0, 0.1) is 13.8 Å². The fourth-order valence-electron chi connectivity index (χ4n) is 1.88. The van der Waals surface area contributed by atoms with Gasteiger partial charge in [-0.2, -0.15) is 5.10 Å². The Balaban J connectivity index is 2.09. The van der Waals surface area contributed by atoms with E-state index in [0.717, 1.165) is 21.2 Å². The van der Waals surface area contributed by atoms with Crippen molar-refractivity contribution in [1.29, 1.82) is 0 Å². The summed E-state index contributed by atoms with van der Waals surface area (Å²) < 4.78 is 0.865. The van der Waals surface area contributed by atoms with Gasteiger partial charge in [0.15, 0.2) is 0 Å². The monoisotopic (exact) mass is 330 g/mol. The molecule has 0 fully saturated rings. The number of hydrogen-bond acceptors (Lipinski definition) is 2. The minimum atomic E-state index is -0.228. The van der Waals surface area contributed by atoms with Gasteiger partial charge in [-0.15, -0.1) is 0 Å². The number of halogens is 1. The second-order valence-electron chi connectivity index (χ2n) is 4.51. The maximum atomic E-state index is 11.9. The number of hydrazone groups is 1. The van der Waals surface area contributed by atoms with E-state index in [-0.39, 0.29) is 5.91 Å². The normalized spacial score (nSPS) is 10.8. The molecule has 0 spiro atoms. The van der Waals surface area contributed by atoms with Gasteiger partial charge in [-0.1, -0.05) is 40.2 Å². The Kier molecular flexibility index (Phi) is 4.69. The van der Waals surface area contributed by atoms with E-state index in [1.165, 1.54) is 0 Å². The van der Waals surface area contributed by atoms with Gasteiger partial charge in [0.1, 0.15) is 0 Å². The Morgan fingerprint density at radius 3 is 2.45 bits per heavy atom. The molecule has 2 aromatic carbocycles. The first kappa shape index (κ1) is 14.5. The summed E-state index contributed by atoms with van der Waals surface area (Å²) in [6.07, 6.45) is 1.68. The Morgan fingerprint density at radius 2 is 1.80 bits per heavy atom. The molecule has 0 bridgehead atoms. The van der Waals surface area contributed by atoms with Gasteiger partial charge >= 0.3 is 0 Å². The summed E-state index contributed by atoms with van der Waals surface area (Å²) in [5.74, 6) is -0.228. The second kappa shape index (κ2) is 6.48. The average Bonchev–Trinajstić information content (AvgIpc) is 2.42. The molecule has 4 heteroatoms. The van der Waals surface area contributed by atoms with Gasteiger partial charge in [0.05, 0.1) is 6.21 Å². The number of carbonyl (C=O) groups excluding carboxylic acids is 1. The first-order chi connectivity index (χ1) is 9.58. The summed E-state index contributed by atoms with van der Waals surface area (Å²) in [6, 6.07) is 13.2. The third-order valence-corrected chi connectivity index (χ3v) is 3.48. The maximum absolute atomic E-state index is 11.9. The van der Waals surface area contributed by atoms with Gasteiger partial charge in [0, 0.05) is 15.6 Å². The fourth-order valence-corrected chi connectivity index (χ4v) is 2.28. The summed E-state index contributed by atoms with van der Waals surface area (Å²) in [6.45, 7) is 4.04. The molecule has 0 unspecified atom stereocenters. The molecule has 1 N–H and O–H groups in total. The quantitative estimate of drug-likeness (QED) is 0.674. The summed E-state index contributed by atoms with van der Waals surface area (Å²) in [7, 11) is 0. The van der Waals surface area contributed by atoms with E-state index >= 15 is 0 Å². The molecule has 3 nitrogen and oxygen atoms in total. The lowest BCUT2D eigenvalue weighted by atomic mass is 10.0. The van der Waals surface area contributed by atoms with Crippen molar-refractivity contribution < 1.29 is 4.79 Å². The number of benzene rings is 2. The zero-order valence-electron chi connectivity index (χ0n) is 11.4. The Bertz CT molecular complexity index is 645. The minimum Gasteiger partial charge on any atom is -0.267 e. The minimum absolute atomic E-state index is 0.228. The van der Waals surface area contributed by atoms with E-state index in [0.29, 0.717) is 5.56 Å². The molecule has 2 aromatic rings. The highest BCUT2D eigenvalue weighted by molar-refractivity contribution is 9.10. The van der Waals surface area contributed by atoms with Crippen LogP contribution in [0.2, 0.25) is 0 Å². The molecule has 2 rings (SSSR count). The molecular weight excluding hydrogens is 316 g/mol. The van der Waals surface area contributed by atoms with E-state index in [1.807, 2.05) is 44.2 Å². The van der Waals surface area contributed by atoms with E-state index in [4.69, 9.17) is 0 Å². The third kappa shape index (κ3) is 3.54. The van der Waals surface area contributed by atoms with Crippen LogP contribution in [0.3, 0.4) is 0 Å². The van der Waals surface area contributed by atoms with Crippen molar-refractivity contribution in [2.45, 2.75) is 13.8 Å². The highest BCUT2D eigenvalue weighted by Crippen LogP contribution is 2.12. The molecule has 0 saturated heterocycles. The third-order valence-electron chi connectivity index (χ3n) is 2.99. The van der Waals surface area contributed by atoms with Crippen molar-refractivity contribution in [3.63, 3.8) is 0 Å². The molecule has 0 aliphatic carbocycles. The highest BCUT2D eigenvalue weighted by atomic mass is 79.9. The van der Waals surface area contributed by atoms with Crippen LogP contribution >= 0.6 is 15.9 Å². The summed E-state index contributed by atoms with van der Waals surface area (Å²) in [5.41, 5.74) is 6.40. The molecule has 0 saturated carbocycles. The molecule has 20 heavy (non-hydrogen) atoms. The van der Waals surface area contributed by atoms with Crippen LogP contribution in [0.5, 0.6) is 0 Å². The summed E-state index contributed by atoms with van der Waals surface area (Å²) >= 11 is 3.34. The standard InChI is InChI=1S/C16H15BrN2O/c1-11-5-3-6-12(2)15(11)10-18-19-16(20)13-7-4-8-14(17)9-13/h3-10H,1-2H3,(H,19,20)/b18-10-. The number of nitrogens with one attached hydrogen (secondary N) is 1. The molecule has 0 aliphatic rings. The largest absolute Gasteiger partial charge is 0.271 e. The topological polar surface area (TPSA) is 41.5 Å².